The Morgan fingerprint density at radius 2 is 1.75 bits per heavy atom. The van der Waals surface area contributed by atoms with Crippen LogP contribution in [0, 0.1) is 0 Å². The van der Waals surface area contributed by atoms with Crippen molar-refractivity contribution >= 4 is 29.1 Å². The van der Waals surface area contributed by atoms with E-state index >= 15 is 0 Å². The van der Waals surface area contributed by atoms with Gasteiger partial charge in [0.15, 0.2) is 11.5 Å². The fourth-order valence-electron chi connectivity index (χ4n) is 2.91. The van der Waals surface area contributed by atoms with E-state index in [1.165, 1.54) is 18.3 Å². The standard InChI is InChI=1S/C19H10N2O6S/c22-17-11-3-1-2-4-12(11)18(23)21(17)27-19(24)15-8-20-16(28-15)10-5-6-13-14(7-10)26-9-25-13/h1-8H,9H2. The third kappa shape index (κ3) is 2.52. The Labute approximate surface area is 161 Å². The van der Waals surface area contributed by atoms with Gasteiger partial charge in [0.25, 0.3) is 11.8 Å². The molecule has 0 bridgehead atoms. The molecule has 0 saturated carbocycles. The van der Waals surface area contributed by atoms with Crippen molar-refractivity contribution in [1.82, 2.24) is 10.0 Å². The minimum absolute atomic E-state index is 0.157. The molecule has 138 valence electrons. The molecule has 0 radical (unpaired) electrons. The van der Waals surface area contributed by atoms with E-state index in [1.54, 1.807) is 30.3 Å². The molecule has 0 atom stereocenters. The lowest BCUT2D eigenvalue weighted by atomic mass is 10.1. The fourth-order valence-corrected chi connectivity index (χ4v) is 3.69. The van der Waals surface area contributed by atoms with Crippen molar-refractivity contribution in [1.29, 1.82) is 0 Å². The van der Waals surface area contributed by atoms with Gasteiger partial charge >= 0.3 is 5.97 Å². The van der Waals surface area contributed by atoms with Crippen molar-refractivity contribution < 1.29 is 28.7 Å². The molecule has 1 aromatic heterocycles. The Kier molecular flexibility index (Phi) is 3.63. The van der Waals surface area contributed by atoms with Crippen LogP contribution in [0.1, 0.15) is 30.4 Å². The van der Waals surface area contributed by atoms with E-state index in [0.29, 0.717) is 21.6 Å². The summed E-state index contributed by atoms with van der Waals surface area (Å²) in [4.78, 5) is 46.5. The first-order valence-corrected chi connectivity index (χ1v) is 8.99. The van der Waals surface area contributed by atoms with E-state index in [2.05, 4.69) is 4.98 Å². The van der Waals surface area contributed by atoms with Gasteiger partial charge in [-0.25, -0.2) is 9.78 Å². The minimum atomic E-state index is -0.834. The average molecular weight is 394 g/mol. The van der Waals surface area contributed by atoms with Crippen molar-refractivity contribution in [3.63, 3.8) is 0 Å². The largest absolute Gasteiger partial charge is 0.454 e. The molecule has 2 aliphatic rings. The number of hydrogen-bond acceptors (Lipinski definition) is 8. The van der Waals surface area contributed by atoms with Crippen LogP contribution in [0.4, 0.5) is 0 Å². The number of rotatable bonds is 3. The third-order valence-corrected chi connectivity index (χ3v) is 5.28. The second-order valence-electron chi connectivity index (χ2n) is 5.93. The van der Waals surface area contributed by atoms with Crippen LogP contribution in [-0.4, -0.2) is 34.6 Å². The summed E-state index contributed by atoms with van der Waals surface area (Å²) in [6.45, 7) is 0.161. The first-order chi connectivity index (χ1) is 13.6. The summed E-state index contributed by atoms with van der Waals surface area (Å²) in [5.41, 5.74) is 1.14. The van der Waals surface area contributed by atoms with E-state index in [-0.39, 0.29) is 22.8 Å². The Morgan fingerprint density at radius 1 is 1.04 bits per heavy atom. The predicted octanol–water partition coefficient (Wildman–Crippen LogP) is 2.91. The van der Waals surface area contributed by atoms with Crippen molar-refractivity contribution in [3.8, 4) is 22.1 Å². The number of nitrogens with zero attached hydrogens (tertiary/aromatic N) is 2. The molecule has 5 rings (SSSR count). The molecule has 2 amide bonds. The summed E-state index contributed by atoms with van der Waals surface area (Å²) in [6, 6.07) is 11.6. The van der Waals surface area contributed by atoms with Gasteiger partial charge in [-0.2, -0.15) is 0 Å². The van der Waals surface area contributed by atoms with Gasteiger partial charge in [-0.3, -0.25) is 9.59 Å². The van der Waals surface area contributed by atoms with E-state index in [4.69, 9.17) is 14.3 Å². The number of ether oxygens (including phenoxy) is 2. The molecule has 0 spiro atoms. The number of carbonyl (C=O) groups is 3. The van der Waals surface area contributed by atoms with Gasteiger partial charge in [0.1, 0.15) is 9.88 Å². The Balaban J connectivity index is 1.36. The van der Waals surface area contributed by atoms with Gasteiger partial charge in [-0.05, 0) is 30.3 Å². The number of carbonyl (C=O) groups excluding carboxylic acids is 3. The maximum atomic E-state index is 12.4. The number of hydroxylamine groups is 2. The molecule has 2 aromatic carbocycles. The zero-order chi connectivity index (χ0) is 19.3. The molecule has 3 heterocycles. The van der Waals surface area contributed by atoms with Crippen molar-refractivity contribution in [3.05, 3.63) is 64.7 Å². The molecule has 8 nitrogen and oxygen atoms in total. The molecule has 0 N–H and O–H groups in total. The fraction of sp³-hybridized carbons (Fsp3) is 0.0526. The number of imide groups is 1. The third-order valence-electron chi connectivity index (χ3n) is 4.26. The highest BCUT2D eigenvalue weighted by Gasteiger charge is 2.39. The first kappa shape index (κ1) is 16.5. The molecule has 3 aromatic rings. The van der Waals surface area contributed by atoms with E-state index in [9.17, 15) is 14.4 Å². The van der Waals surface area contributed by atoms with Gasteiger partial charge in [0.2, 0.25) is 6.79 Å². The van der Waals surface area contributed by atoms with Gasteiger partial charge < -0.3 is 14.3 Å². The number of fused-ring (bicyclic) bond motifs is 2. The highest BCUT2D eigenvalue weighted by molar-refractivity contribution is 7.16. The Bertz CT molecular complexity index is 1120. The lowest BCUT2D eigenvalue weighted by molar-refractivity contribution is -0.0581. The van der Waals surface area contributed by atoms with Crippen LogP contribution < -0.4 is 9.47 Å². The van der Waals surface area contributed by atoms with Gasteiger partial charge in [0, 0.05) is 5.56 Å². The van der Waals surface area contributed by atoms with Crippen LogP contribution in [0.15, 0.2) is 48.7 Å². The lowest BCUT2D eigenvalue weighted by Gasteiger charge is -2.11. The van der Waals surface area contributed by atoms with Crippen LogP contribution in [0.5, 0.6) is 11.5 Å². The number of amides is 2. The average Bonchev–Trinajstić information content (AvgIpc) is 3.43. The minimum Gasteiger partial charge on any atom is -0.454 e. The number of aromatic nitrogens is 1. The van der Waals surface area contributed by atoms with Crippen molar-refractivity contribution in [2.45, 2.75) is 0 Å². The number of hydrogen-bond donors (Lipinski definition) is 0. The summed E-state index contributed by atoms with van der Waals surface area (Å²) in [6.07, 6.45) is 1.34. The zero-order valence-electron chi connectivity index (χ0n) is 14.1. The van der Waals surface area contributed by atoms with Crippen molar-refractivity contribution in [2.24, 2.45) is 0 Å². The summed E-state index contributed by atoms with van der Waals surface area (Å²) in [5.74, 6) is -0.934. The summed E-state index contributed by atoms with van der Waals surface area (Å²) in [7, 11) is 0. The predicted molar refractivity (Wildman–Crippen MR) is 96.0 cm³/mol. The molecule has 0 fully saturated rings. The number of thiazole rings is 1. The lowest BCUT2D eigenvalue weighted by Crippen LogP contribution is -2.32. The normalized spacial score (nSPS) is 14.4. The number of benzene rings is 2. The highest BCUT2D eigenvalue weighted by Crippen LogP contribution is 2.37. The molecule has 2 aliphatic heterocycles. The maximum Gasteiger partial charge on any atom is 0.375 e. The zero-order valence-corrected chi connectivity index (χ0v) is 14.9. The van der Waals surface area contributed by atoms with Crippen LogP contribution in [0.2, 0.25) is 0 Å². The Hall–Kier alpha value is -3.72. The van der Waals surface area contributed by atoms with Crippen molar-refractivity contribution in [2.75, 3.05) is 6.79 Å². The molecule has 0 saturated heterocycles. The summed E-state index contributed by atoms with van der Waals surface area (Å²) < 4.78 is 10.6. The quantitative estimate of drug-likeness (QED) is 0.630. The second kappa shape index (κ2) is 6.17. The van der Waals surface area contributed by atoms with E-state index in [0.717, 1.165) is 16.9 Å². The molecule has 0 aliphatic carbocycles. The van der Waals surface area contributed by atoms with Crippen LogP contribution in [0.25, 0.3) is 10.6 Å². The Morgan fingerprint density at radius 3 is 2.50 bits per heavy atom. The highest BCUT2D eigenvalue weighted by atomic mass is 32.1. The molecular formula is C19H10N2O6S. The van der Waals surface area contributed by atoms with Crippen LogP contribution in [-0.2, 0) is 4.84 Å². The topological polar surface area (TPSA) is 95.0 Å². The first-order valence-electron chi connectivity index (χ1n) is 8.18. The summed E-state index contributed by atoms with van der Waals surface area (Å²) >= 11 is 1.08. The second-order valence-corrected chi connectivity index (χ2v) is 6.96. The van der Waals surface area contributed by atoms with Gasteiger partial charge in [0.05, 0.1) is 17.3 Å². The monoisotopic (exact) mass is 394 g/mol. The van der Waals surface area contributed by atoms with Crippen LogP contribution in [0.3, 0.4) is 0 Å². The molecule has 9 heteroatoms. The van der Waals surface area contributed by atoms with E-state index in [1.807, 2.05) is 0 Å². The smallest absolute Gasteiger partial charge is 0.375 e. The maximum absolute atomic E-state index is 12.4. The van der Waals surface area contributed by atoms with Gasteiger partial charge in [-0.1, -0.05) is 17.2 Å². The molecule has 0 unspecified atom stereocenters. The van der Waals surface area contributed by atoms with Gasteiger partial charge in [-0.15, -0.1) is 11.3 Å². The van der Waals surface area contributed by atoms with E-state index < -0.39 is 17.8 Å². The SMILES string of the molecule is O=C(ON1C(=O)c2ccccc2C1=O)c1cnc(-c2ccc3c(c2)OCO3)s1. The molecular weight excluding hydrogens is 384 g/mol. The summed E-state index contributed by atoms with van der Waals surface area (Å²) in [5, 5.41) is 1.04. The molecule has 28 heavy (non-hydrogen) atoms. The van der Waals surface area contributed by atoms with Crippen LogP contribution >= 0.6 is 11.3 Å².